The van der Waals surface area contributed by atoms with Gasteiger partial charge in [0.1, 0.15) is 0 Å². The molecule has 0 aliphatic heterocycles. The molecule has 0 bridgehead atoms. The summed E-state index contributed by atoms with van der Waals surface area (Å²) in [6.45, 7) is 2.85. The molecular formula is C12H13Br2IN4. The normalized spacial score (nSPS) is 12.7. The van der Waals surface area contributed by atoms with Crippen molar-refractivity contribution in [3.8, 4) is 0 Å². The first kappa shape index (κ1) is 15.4. The molecule has 3 N–H and O–H groups in total. The van der Waals surface area contributed by atoms with Crippen molar-refractivity contribution in [2.45, 2.75) is 19.5 Å². The zero-order chi connectivity index (χ0) is 14.0. The lowest BCUT2D eigenvalue weighted by Crippen LogP contribution is -2.31. The molecule has 4 nitrogen and oxygen atoms in total. The lowest BCUT2D eigenvalue weighted by molar-refractivity contribution is 0.540. The van der Waals surface area contributed by atoms with Crippen LogP contribution in [-0.2, 0) is 6.54 Å². The highest BCUT2D eigenvalue weighted by atomic mass is 127. The van der Waals surface area contributed by atoms with Gasteiger partial charge >= 0.3 is 0 Å². The van der Waals surface area contributed by atoms with E-state index in [1.807, 2.05) is 16.8 Å². The van der Waals surface area contributed by atoms with Gasteiger partial charge in [0.2, 0.25) is 0 Å². The predicted molar refractivity (Wildman–Crippen MR) is 91.6 cm³/mol. The van der Waals surface area contributed by atoms with Gasteiger partial charge in [0.05, 0.1) is 22.4 Å². The molecule has 19 heavy (non-hydrogen) atoms. The van der Waals surface area contributed by atoms with Gasteiger partial charge in [-0.05, 0) is 69.2 Å². The number of aryl methyl sites for hydroxylation is 1. The van der Waals surface area contributed by atoms with Crippen LogP contribution in [0, 0.1) is 3.57 Å². The minimum atomic E-state index is -0.124. The molecule has 2 rings (SSSR count). The first-order valence-corrected chi connectivity index (χ1v) is 8.37. The number of nitrogens with one attached hydrogen (secondary N) is 1. The predicted octanol–water partition coefficient (Wildman–Crippen LogP) is 3.59. The van der Waals surface area contributed by atoms with Crippen LogP contribution in [0.3, 0.4) is 0 Å². The van der Waals surface area contributed by atoms with Crippen LogP contribution in [-0.4, -0.2) is 9.78 Å². The van der Waals surface area contributed by atoms with E-state index in [0.717, 1.165) is 30.3 Å². The molecule has 1 aromatic heterocycles. The number of nitrogens with zero attached hydrogens (tertiary/aromatic N) is 2. The maximum atomic E-state index is 5.77. The largest absolute Gasteiger partial charge is 0.271 e. The van der Waals surface area contributed by atoms with Crippen LogP contribution in [0.1, 0.15) is 24.2 Å². The molecule has 0 aliphatic rings. The Hall–Kier alpha value is 0.0400. The van der Waals surface area contributed by atoms with E-state index in [4.69, 9.17) is 5.84 Å². The van der Waals surface area contributed by atoms with E-state index in [1.165, 1.54) is 0 Å². The van der Waals surface area contributed by atoms with Crippen LogP contribution >= 0.6 is 54.5 Å². The second-order valence-corrected chi connectivity index (χ2v) is 6.91. The minimum absolute atomic E-state index is 0.124. The van der Waals surface area contributed by atoms with E-state index in [9.17, 15) is 0 Å². The second-order valence-electron chi connectivity index (χ2n) is 3.96. The third-order valence-corrected chi connectivity index (χ3v) is 4.85. The Kier molecular flexibility index (Phi) is 5.41. The van der Waals surface area contributed by atoms with E-state index in [0.29, 0.717) is 0 Å². The Morgan fingerprint density at radius 2 is 2.16 bits per heavy atom. The summed E-state index contributed by atoms with van der Waals surface area (Å²) in [7, 11) is 0. The van der Waals surface area contributed by atoms with Crippen molar-refractivity contribution in [1.29, 1.82) is 0 Å². The molecule has 0 radical (unpaired) electrons. The van der Waals surface area contributed by atoms with E-state index in [2.05, 4.69) is 78.0 Å². The molecular weight excluding hydrogens is 487 g/mol. The molecule has 1 heterocycles. The van der Waals surface area contributed by atoms with Crippen molar-refractivity contribution in [1.82, 2.24) is 15.2 Å². The molecule has 1 atom stereocenters. The maximum Gasteiger partial charge on any atom is 0.0901 e. The van der Waals surface area contributed by atoms with E-state index in [-0.39, 0.29) is 6.04 Å². The third-order valence-electron chi connectivity index (χ3n) is 2.84. The number of hydrogen-bond donors (Lipinski definition) is 2. The number of benzene rings is 1. The number of aromatic nitrogens is 2. The van der Waals surface area contributed by atoms with Gasteiger partial charge in [-0.2, -0.15) is 5.10 Å². The van der Waals surface area contributed by atoms with Gasteiger partial charge in [0.25, 0.3) is 0 Å². The summed E-state index contributed by atoms with van der Waals surface area (Å²) in [5, 5.41) is 4.34. The highest BCUT2D eigenvalue weighted by Crippen LogP contribution is 2.33. The maximum absolute atomic E-state index is 5.77. The summed E-state index contributed by atoms with van der Waals surface area (Å²) in [4.78, 5) is 0. The Balaban J connectivity index is 2.56. The molecule has 1 aromatic carbocycles. The standard InChI is InChI=1S/C12H13Br2IN4/c1-2-19-12(10(14)6-17-19)11(18-16)8-5-7(15)3-4-9(8)13/h3-6,11,18H,2,16H2,1H3. The van der Waals surface area contributed by atoms with Gasteiger partial charge in [-0.15, -0.1) is 0 Å². The lowest BCUT2D eigenvalue weighted by Gasteiger charge is -2.20. The van der Waals surface area contributed by atoms with Crippen LogP contribution in [0.2, 0.25) is 0 Å². The van der Waals surface area contributed by atoms with Gasteiger partial charge in [-0.3, -0.25) is 10.5 Å². The van der Waals surface area contributed by atoms with E-state index < -0.39 is 0 Å². The van der Waals surface area contributed by atoms with Crippen molar-refractivity contribution in [3.63, 3.8) is 0 Å². The van der Waals surface area contributed by atoms with Crippen LogP contribution in [0.4, 0.5) is 0 Å². The Morgan fingerprint density at radius 1 is 1.42 bits per heavy atom. The topological polar surface area (TPSA) is 55.9 Å². The number of halogens is 3. The zero-order valence-electron chi connectivity index (χ0n) is 10.2. The molecule has 0 aliphatic carbocycles. The molecule has 0 fully saturated rings. The highest BCUT2D eigenvalue weighted by molar-refractivity contribution is 14.1. The molecule has 7 heteroatoms. The number of hydrazine groups is 1. The number of nitrogens with two attached hydrogens (primary N) is 1. The van der Waals surface area contributed by atoms with Crippen molar-refractivity contribution >= 4 is 54.5 Å². The second kappa shape index (κ2) is 6.66. The molecule has 102 valence electrons. The lowest BCUT2D eigenvalue weighted by atomic mass is 10.0. The Labute approximate surface area is 142 Å². The Morgan fingerprint density at radius 3 is 2.79 bits per heavy atom. The fourth-order valence-electron chi connectivity index (χ4n) is 1.96. The fourth-order valence-corrected chi connectivity index (χ4v) is 3.48. The average Bonchev–Trinajstić information content (AvgIpc) is 2.76. The Bertz CT molecular complexity index is 585. The van der Waals surface area contributed by atoms with Crippen LogP contribution < -0.4 is 11.3 Å². The summed E-state index contributed by atoms with van der Waals surface area (Å²) in [5.41, 5.74) is 4.99. The van der Waals surface area contributed by atoms with Gasteiger partial charge < -0.3 is 0 Å². The zero-order valence-corrected chi connectivity index (χ0v) is 15.5. The minimum Gasteiger partial charge on any atom is -0.271 e. The quantitative estimate of drug-likeness (QED) is 0.384. The highest BCUT2D eigenvalue weighted by Gasteiger charge is 2.22. The van der Waals surface area contributed by atoms with Crippen LogP contribution in [0.15, 0.2) is 33.3 Å². The van der Waals surface area contributed by atoms with Gasteiger partial charge in [-0.1, -0.05) is 15.9 Å². The molecule has 1 unspecified atom stereocenters. The molecule has 2 aromatic rings. The first-order valence-electron chi connectivity index (χ1n) is 5.70. The molecule has 0 spiro atoms. The smallest absolute Gasteiger partial charge is 0.0901 e. The fraction of sp³-hybridized carbons (Fsp3) is 0.250. The van der Waals surface area contributed by atoms with Gasteiger partial charge in [0.15, 0.2) is 0 Å². The van der Waals surface area contributed by atoms with Crippen molar-refractivity contribution < 1.29 is 0 Å². The first-order chi connectivity index (χ1) is 9.08. The monoisotopic (exact) mass is 498 g/mol. The summed E-state index contributed by atoms with van der Waals surface area (Å²) >= 11 is 9.42. The van der Waals surface area contributed by atoms with E-state index in [1.54, 1.807) is 6.20 Å². The summed E-state index contributed by atoms with van der Waals surface area (Å²) < 4.78 is 5.06. The van der Waals surface area contributed by atoms with Crippen molar-refractivity contribution in [2.24, 2.45) is 5.84 Å². The summed E-state index contributed by atoms with van der Waals surface area (Å²) in [6.07, 6.45) is 1.80. The number of hydrogen-bond acceptors (Lipinski definition) is 3. The summed E-state index contributed by atoms with van der Waals surface area (Å²) in [6, 6.07) is 6.06. The van der Waals surface area contributed by atoms with Crippen LogP contribution in [0.5, 0.6) is 0 Å². The SMILES string of the molecule is CCn1ncc(Br)c1C(NN)c1cc(I)ccc1Br. The van der Waals surface area contributed by atoms with E-state index >= 15 is 0 Å². The summed E-state index contributed by atoms with van der Waals surface area (Å²) in [5.74, 6) is 5.77. The van der Waals surface area contributed by atoms with Crippen molar-refractivity contribution in [2.75, 3.05) is 0 Å². The molecule has 0 amide bonds. The molecule has 0 saturated carbocycles. The van der Waals surface area contributed by atoms with Gasteiger partial charge in [-0.25, -0.2) is 5.43 Å². The van der Waals surface area contributed by atoms with Gasteiger partial charge in [0, 0.05) is 14.6 Å². The average molecular weight is 500 g/mol. The van der Waals surface area contributed by atoms with Crippen LogP contribution in [0.25, 0.3) is 0 Å². The molecule has 0 saturated heterocycles. The number of rotatable bonds is 4. The van der Waals surface area contributed by atoms with Crippen molar-refractivity contribution in [3.05, 3.63) is 48.2 Å². The third kappa shape index (κ3) is 3.21.